The highest BCUT2D eigenvalue weighted by Gasteiger charge is 2.17. The maximum atomic E-state index is 14.5. The van der Waals surface area contributed by atoms with Crippen molar-refractivity contribution in [3.8, 4) is 33.9 Å². The Bertz CT molecular complexity index is 1670. The van der Waals surface area contributed by atoms with E-state index in [-0.39, 0.29) is 5.82 Å². The highest BCUT2D eigenvalue weighted by molar-refractivity contribution is 5.97. The molecule has 4 aromatic heterocycles. The summed E-state index contributed by atoms with van der Waals surface area (Å²) in [5.74, 6) is 0.316. The largest absolute Gasteiger partial charge is 0.376 e. The zero-order chi connectivity index (χ0) is 23.2. The molecule has 7 nitrogen and oxygen atoms in total. The van der Waals surface area contributed by atoms with Gasteiger partial charge < -0.3 is 9.88 Å². The lowest BCUT2D eigenvalue weighted by molar-refractivity contribution is 0.631. The monoisotopic (exact) mass is 449 g/mol. The third-order valence-corrected chi connectivity index (χ3v) is 5.88. The van der Waals surface area contributed by atoms with Crippen molar-refractivity contribution >= 4 is 27.6 Å². The second-order valence-corrected chi connectivity index (χ2v) is 8.28. The molecule has 0 radical (unpaired) electrons. The van der Waals surface area contributed by atoms with E-state index in [1.807, 2.05) is 61.6 Å². The van der Waals surface area contributed by atoms with Crippen LogP contribution < -0.4 is 4.90 Å². The number of rotatable bonds is 4. The minimum absolute atomic E-state index is 0.283. The van der Waals surface area contributed by atoms with Crippen molar-refractivity contribution in [1.82, 2.24) is 30.1 Å². The number of nitrogens with one attached hydrogen (secondary N) is 2. The molecular weight excluding hydrogens is 429 g/mol. The van der Waals surface area contributed by atoms with Gasteiger partial charge in [-0.15, -0.1) is 0 Å². The van der Waals surface area contributed by atoms with Crippen LogP contribution in [0.4, 0.5) is 10.1 Å². The van der Waals surface area contributed by atoms with Crippen LogP contribution in [0, 0.1) is 5.82 Å². The number of halogens is 1. The van der Waals surface area contributed by atoms with Gasteiger partial charge in [0.2, 0.25) is 0 Å². The second-order valence-electron chi connectivity index (χ2n) is 8.28. The van der Waals surface area contributed by atoms with E-state index < -0.39 is 0 Å². The van der Waals surface area contributed by atoms with Crippen LogP contribution in [0.25, 0.3) is 55.8 Å². The molecule has 0 atom stereocenters. The minimum Gasteiger partial charge on any atom is -0.376 e. The lowest BCUT2D eigenvalue weighted by atomic mass is 10.0. The fourth-order valence-corrected chi connectivity index (χ4v) is 4.11. The molecule has 0 unspecified atom stereocenters. The number of benzene rings is 2. The Morgan fingerprint density at radius 2 is 1.74 bits per heavy atom. The Kier molecular flexibility index (Phi) is 4.58. The van der Waals surface area contributed by atoms with Crippen molar-refractivity contribution in [1.29, 1.82) is 0 Å². The summed E-state index contributed by atoms with van der Waals surface area (Å²) in [6, 6.07) is 16.4. The Balaban J connectivity index is 1.49. The van der Waals surface area contributed by atoms with E-state index in [4.69, 9.17) is 4.98 Å². The standard InChI is InChI=1S/C26H20FN7/c1-34(2)16-10-15(12-28-13-16)22-11-19-23(14-29-22)32-33-25(19)26-30-21-9-5-7-18(24(21)31-26)17-6-3-4-8-20(17)27/h3-14H,1-2H3,(H,30,31)(H,32,33). The first-order valence-electron chi connectivity index (χ1n) is 10.8. The van der Waals surface area contributed by atoms with E-state index in [1.54, 1.807) is 24.5 Å². The van der Waals surface area contributed by atoms with Gasteiger partial charge in [0.1, 0.15) is 11.5 Å². The van der Waals surface area contributed by atoms with Crippen molar-refractivity contribution < 1.29 is 4.39 Å². The van der Waals surface area contributed by atoms with E-state index in [9.17, 15) is 4.39 Å². The third kappa shape index (κ3) is 3.27. The molecule has 0 spiro atoms. The summed E-state index contributed by atoms with van der Waals surface area (Å²) in [4.78, 5) is 19.1. The van der Waals surface area contributed by atoms with Crippen LogP contribution in [-0.4, -0.2) is 44.2 Å². The summed E-state index contributed by atoms with van der Waals surface area (Å²) in [7, 11) is 3.95. The Morgan fingerprint density at radius 1 is 0.882 bits per heavy atom. The zero-order valence-corrected chi connectivity index (χ0v) is 18.5. The lowest BCUT2D eigenvalue weighted by Crippen LogP contribution is -2.08. The van der Waals surface area contributed by atoms with Gasteiger partial charge in [0.05, 0.1) is 40.3 Å². The predicted molar refractivity (Wildman–Crippen MR) is 132 cm³/mol. The fourth-order valence-electron chi connectivity index (χ4n) is 4.11. The number of nitrogens with zero attached hydrogens (tertiary/aromatic N) is 5. The maximum Gasteiger partial charge on any atom is 0.159 e. The zero-order valence-electron chi connectivity index (χ0n) is 18.5. The maximum absolute atomic E-state index is 14.5. The minimum atomic E-state index is -0.283. The van der Waals surface area contributed by atoms with Crippen molar-refractivity contribution in [3.05, 3.63) is 79.0 Å². The molecule has 0 saturated carbocycles. The number of aromatic amines is 2. The summed E-state index contributed by atoms with van der Waals surface area (Å²) >= 11 is 0. The lowest BCUT2D eigenvalue weighted by Gasteiger charge is -2.12. The van der Waals surface area contributed by atoms with Gasteiger partial charge in [0.25, 0.3) is 0 Å². The first-order valence-corrected chi connectivity index (χ1v) is 10.8. The molecule has 0 amide bonds. The van der Waals surface area contributed by atoms with Gasteiger partial charge in [-0.2, -0.15) is 5.10 Å². The van der Waals surface area contributed by atoms with Crippen LogP contribution in [0.3, 0.4) is 0 Å². The van der Waals surface area contributed by atoms with E-state index in [0.29, 0.717) is 22.6 Å². The molecule has 6 rings (SSSR count). The van der Waals surface area contributed by atoms with Gasteiger partial charge in [0, 0.05) is 42.4 Å². The molecule has 4 heterocycles. The van der Waals surface area contributed by atoms with E-state index >= 15 is 0 Å². The number of hydrogen-bond donors (Lipinski definition) is 2. The molecule has 0 fully saturated rings. The first-order chi connectivity index (χ1) is 16.6. The summed E-state index contributed by atoms with van der Waals surface area (Å²) in [5.41, 5.74) is 6.90. The van der Waals surface area contributed by atoms with Gasteiger partial charge >= 0.3 is 0 Å². The topological polar surface area (TPSA) is 86.4 Å². The van der Waals surface area contributed by atoms with E-state index in [0.717, 1.165) is 38.9 Å². The first kappa shape index (κ1) is 20.0. The highest BCUT2D eigenvalue weighted by Crippen LogP contribution is 2.33. The predicted octanol–water partition coefficient (Wildman–Crippen LogP) is 5.44. The number of pyridine rings is 2. The Labute approximate surface area is 194 Å². The molecule has 0 aliphatic rings. The SMILES string of the molecule is CN(C)c1cncc(-c2cc3c(-c4nc5c(-c6ccccc6F)cccc5[nH]4)n[nH]c3cn2)c1. The normalized spacial score (nSPS) is 11.4. The summed E-state index contributed by atoms with van der Waals surface area (Å²) in [6.07, 6.45) is 5.37. The molecule has 0 aliphatic carbocycles. The molecular formula is C26H20FN7. The van der Waals surface area contributed by atoms with Gasteiger partial charge in [-0.3, -0.25) is 15.1 Å². The fraction of sp³-hybridized carbons (Fsp3) is 0.0769. The summed E-state index contributed by atoms with van der Waals surface area (Å²) in [5, 5.41) is 8.42. The summed E-state index contributed by atoms with van der Waals surface area (Å²) in [6.45, 7) is 0. The second kappa shape index (κ2) is 7.77. The van der Waals surface area contributed by atoms with Crippen LogP contribution in [-0.2, 0) is 0 Å². The van der Waals surface area contributed by atoms with Crippen molar-refractivity contribution in [3.63, 3.8) is 0 Å². The average molecular weight is 449 g/mol. The number of imidazole rings is 1. The van der Waals surface area contributed by atoms with E-state index in [1.165, 1.54) is 6.07 Å². The van der Waals surface area contributed by atoms with Crippen molar-refractivity contribution in [2.24, 2.45) is 0 Å². The number of H-pyrrole nitrogens is 2. The van der Waals surface area contributed by atoms with E-state index in [2.05, 4.69) is 25.1 Å². The van der Waals surface area contributed by atoms with Crippen LogP contribution in [0.15, 0.2) is 73.2 Å². The Morgan fingerprint density at radius 3 is 2.59 bits per heavy atom. The van der Waals surface area contributed by atoms with Crippen LogP contribution in [0.1, 0.15) is 0 Å². The highest BCUT2D eigenvalue weighted by atomic mass is 19.1. The Hall–Kier alpha value is -4.59. The number of anilines is 1. The van der Waals surface area contributed by atoms with Gasteiger partial charge in [-0.1, -0.05) is 30.3 Å². The molecule has 0 saturated heterocycles. The van der Waals surface area contributed by atoms with Crippen LogP contribution in [0.5, 0.6) is 0 Å². The summed E-state index contributed by atoms with van der Waals surface area (Å²) < 4.78 is 14.5. The molecule has 2 N–H and O–H groups in total. The molecule has 8 heteroatoms. The van der Waals surface area contributed by atoms with Gasteiger partial charge in [0.15, 0.2) is 5.82 Å². The molecule has 0 aliphatic heterocycles. The number of para-hydroxylation sites is 1. The molecule has 0 bridgehead atoms. The van der Waals surface area contributed by atoms with Gasteiger partial charge in [-0.25, -0.2) is 9.37 Å². The number of aromatic nitrogens is 6. The van der Waals surface area contributed by atoms with Crippen molar-refractivity contribution in [2.45, 2.75) is 0 Å². The average Bonchev–Trinajstić information content (AvgIpc) is 3.48. The molecule has 166 valence electrons. The van der Waals surface area contributed by atoms with Crippen LogP contribution >= 0.6 is 0 Å². The van der Waals surface area contributed by atoms with Crippen LogP contribution in [0.2, 0.25) is 0 Å². The number of hydrogen-bond acceptors (Lipinski definition) is 5. The van der Waals surface area contributed by atoms with Crippen molar-refractivity contribution in [2.75, 3.05) is 19.0 Å². The third-order valence-electron chi connectivity index (χ3n) is 5.88. The quantitative estimate of drug-likeness (QED) is 0.375. The van der Waals surface area contributed by atoms with Gasteiger partial charge in [-0.05, 0) is 24.3 Å². The molecule has 2 aromatic carbocycles. The molecule has 6 aromatic rings. The molecule has 34 heavy (non-hydrogen) atoms. The smallest absolute Gasteiger partial charge is 0.159 e. The number of fused-ring (bicyclic) bond motifs is 2.